The van der Waals surface area contributed by atoms with Gasteiger partial charge in [-0.05, 0) is 24.6 Å². The van der Waals surface area contributed by atoms with Gasteiger partial charge in [0.15, 0.2) is 0 Å². The molecule has 2 aromatic heterocycles. The van der Waals surface area contributed by atoms with Gasteiger partial charge in [-0.1, -0.05) is 42.0 Å². The molecule has 0 unspecified atom stereocenters. The molecule has 0 amide bonds. The van der Waals surface area contributed by atoms with Crippen molar-refractivity contribution in [2.45, 2.75) is 6.92 Å². The number of nitrogens with zero attached hydrogens (tertiary/aromatic N) is 3. The predicted octanol–water partition coefficient (Wildman–Crippen LogP) is 3.01. The minimum Gasteiger partial charge on any atom is -0.495 e. The molecule has 4 rings (SSSR count). The normalized spacial score (nSPS) is 11.1. The summed E-state index contributed by atoms with van der Waals surface area (Å²) in [4.78, 5) is 25.5. The molecule has 6 heteroatoms. The summed E-state index contributed by atoms with van der Waals surface area (Å²) in [6.45, 7) is 2.02. The average Bonchev–Trinajstić information content (AvgIpc) is 3.11. The lowest BCUT2D eigenvalue weighted by Crippen LogP contribution is -2.36. The Hall–Kier alpha value is -3.54. The Balaban J connectivity index is 2.22. The third kappa shape index (κ3) is 2.57. The van der Waals surface area contributed by atoms with Crippen LogP contribution in [0.1, 0.15) is 5.56 Å². The number of ether oxygens (including phenoxy) is 1. The van der Waals surface area contributed by atoms with Gasteiger partial charge in [0.05, 0.1) is 29.4 Å². The summed E-state index contributed by atoms with van der Waals surface area (Å²) >= 11 is 0. The first-order chi connectivity index (χ1) is 13.4. The summed E-state index contributed by atoms with van der Waals surface area (Å²) in [6.07, 6.45) is 1.82. The molecule has 2 aromatic carbocycles. The molecular weight excluding hydrogens is 354 g/mol. The summed E-state index contributed by atoms with van der Waals surface area (Å²) in [5.74, 6) is 0.679. The van der Waals surface area contributed by atoms with Gasteiger partial charge >= 0.3 is 5.69 Å². The van der Waals surface area contributed by atoms with Gasteiger partial charge in [-0.3, -0.25) is 13.9 Å². The van der Waals surface area contributed by atoms with Crippen LogP contribution < -0.4 is 16.0 Å². The van der Waals surface area contributed by atoms with Crippen LogP contribution in [0.4, 0.5) is 0 Å². The first-order valence-electron chi connectivity index (χ1n) is 8.95. The summed E-state index contributed by atoms with van der Waals surface area (Å²) in [7, 11) is 4.79. The zero-order chi connectivity index (χ0) is 20.0. The van der Waals surface area contributed by atoms with E-state index in [1.54, 1.807) is 14.2 Å². The number of fused-ring (bicyclic) bond motifs is 1. The number of rotatable bonds is 3. The third-order valence-corrected chi connectivity index (χ3v) is 5.11. The van der Waals surface area contributed by atoms with E-state index in [1.807, 2.05) is 66.2 Å². The van der Waals surface area contributed by atoms with Crippen molar-refractivity contribution >= 4 is 10.9 Å². The Bertz CT molecular complexity index is 1310. The lowest BCUT2D eigenvalue weighted by molar-refractivity contribution is 0.413. The molecule has 6 nitrogen and oxygen atoms in total. The second kappa shape index (κ2) is 6.56. The van der Waals surface area contributed by atoms with Crippen molar-refractivity contribution in [3.8, 4) is 22.7 Å². The minimum absolute atomic E-state index is 0.317. The molecule has 0 bridgehead atoms. The number of benzene rings is 2. The van der Waals surface area contributed by atoms with Gasteiger partial charge in [-0.25, -0.2) is 4.79 Å². The summed E-state index contributed by atoms with van der Waals surface area (Å²) in [5.41, 5.74) is 3.45. The molecule has 0 saturated heterocycles. The summed E-state index contributed by atoms with van der Waals surface area (Å²) in [5, 5.41) is 0.499. The van der Waals surface area contributed by atoms with Gasteiger partial charge < -0.3 is 9.30 Å². The van der Waals surface area contributed by atoms with Gasteiger partial charge in [0, 0.05) is 20.3 Å². The second-order valence-electron chi connectivity index (χ2n) is 6.85. The first kappa shape index (κ1) is 17.9. The van der Waals surface area contributed by atoms with Crippen LogP contribution >= 0.6 is 0 Å². The smallest absolute Gasteiger partial charge is 0.330 e. The van der Waals surface area contributed by atoms with Gasteiger partial charge in [0.2, 0.25) is 0 Å². The number of para-hydroxylation sites is 2. The number of aromatic nitrogens is 3. The van der Waals surface area contributed by atoms with Crippen molar-refractivity contribution in [2.24, 2.45) is 14.1 Å². The van der Waals surface area contributed by atoms with Crippen LogP contribution in [-0.4, -0.2) is 20.8 Å². The third-order valence-electron chi connectivity index (χ3n) is 5.11. The van der Waals surface area contributed by atoms with Crippen LogP contribution in [0.5, 0.6) is 5.75 Å². The molecule has 0 spiro atoms. The number of hydrogen-bond donors (Lipinski definition) is 0. The topological polar surface area (TPSA) is 58.2 Å². The molecule has 4 aromatic rings. The lowest BCUT2D eigenvalue weighted by Gasteiger charge is -2.13. The van der Waals surface area contributed by atoms with Gasteiger partial charge in [-0.15, -0.1) is 0 Å². The van der Waals surface area contributed by atoms with E-state index >= 15 is 0 Å². The zero-order valence-electron chi connectivity index (χ0n) is 16.3. The fourth-order valence-corrected chi connectivity index (χ4v) is 3.55. The standard InChI is InChI=1S/C22H21N3O3/c1-14-9-11-15(12-10-14)20-19-17(23(2)22(27)24(3)21(19)26)13-25(20)16-7-5-6-8-18(16)28-4/h5-13H,1-4H3. The molecule has 142 valence electrons. The van der Waals surface area contributed by atoms with Crippen molar-refractivity contribution in [3.63, 3.8) is 0 Å². The Morgan fingerprint density at radius 3 is 2.25 bits per heavy atom. The molecule has 0 saturated carbocycles. The maximum Gasteiger partial charge on any atom is 0.330 e. The van der Waals surface area contributed by atoms with E-state index < -0.39 is 0 Å². The Kier molecular flexibility index (Phi) is 4.19. The van der Waals surface area contributed by atoms with E-state index in [0.29, 0.717) is 16.7 Å². The van der Waals surface area contributed by atoms with E-state index in [-0.39, 0.29) is 11.2 Å². The van der Waals surface area contributed by atoms with Gasteiger partial charge in [-0.2, -0.15) is 0 Å². The molecule has 0 radical (unpaired) electrons. The number of methoxy groups -OCH3 is 1. The van der Waals surface area contributed by atoms with E-state index in [4.69, 9.17) is 4.74 Å². The van der Waals surface area contributed by atoms with Crippen molar-refractivity contribution in [1.82, 2.24) is 13.7 Å². The Morgan fingerprint density at radius 2 is 1.57 bits per heavy atom. The molecule has 2 heterocycles. The molecule has 0 N–H and O–H groups in total. The van der Waals surface area contributed by atoms with Crippen molar-refractivity contribution < 1.29 is 4.74 Å². The molecular formula is C22H21N3O3. The van der Waals surface area contributed by atoms with Crippen LogP contribution in [0.3, 0.4) is 0 Å². The highest BCUT2D eigenvalue weighted by atomic mass is 16.5. The number of aryl methyl sites for hydroxylation is 2. The maximum atomic E-state index is 13.1. The molecule has 28 heavy (non-hydrogen) atoms. The number of hydrogen-bond acceptors (Lipinski definition) is 3. The first-order valence-corrected chi connectivity index (χ1v) is 8.95. The fraction of sp³-hybridized carbons (Fsp3) is 0.182. The van der Waals surface area contributed by atoms with Crippen LogP contribution in [0.15, 0.2) is 64.3 Å². The van der Waals surface area contributed by atoms with E-state index in [1.165, 1.54) is 11.6 Å². The van der Waals surface area contributed by atoms with Crippen LogP contribution in [0, 0.1) is 6.92 Å². The maximum absolute atomic E-state index is 13.1. The SMILES string of the molecule is COc1ccccc1-n1cc2c(c1-c1ccc(C)cc1)c(=O)n(C)c(=O)n2C. The lowest BCUT2D eigenvalue weighted by atomic mass is 10.1. The van der Waals surface area contributed by atoms with Crippen LogP contribution in [0.2, 0.25) is 0 Å². The van der Waals surface area contributed by atoms with Crippen molar-refractivity contribution in [3.05, 3.63) is 81.1 Å². The zero-order valence-corrected chi connectivity index (χ0v) is 16.3. The predicted molar refractivity (Wildman–Crippen MR) is 110 cm³/mol. The summed E-state index contributed by atoms with van der Waals surface area (Å²) < 4.78 is 10.1. The molecule has 0 atom stereocenters. The monoisotopic (exact) mass is 375 g/mol. The highest BCUT2D eigenvalue weighted by Gasteiger charge is 2.21. The Morgan fingerprint density at radius 1 is 0.893 bits per heavy atom. The van der Waals surface area contributed by atoms with Crippen molar-refractivity contribution in [1.29, 1.82) is 0 Å². The fourth-order valence-electron chi connectivity index (χ4n) is 3.55. The highest BCUT2D eigenvalue weighted by Crippen LogP contribution is 2.34. The van der Waals surface area contributed by atoms with Gasteiger partial charge in [0.1, 0.15) is 5.75 Å². The molecule has 0 fully saturated rings. The van der Waals surface area contributed by atoms with Crippen LogP contribution in [0.25, 0.3) is 27.8 Å². The highest BCUT2D eigenvalue weighted by molar-refractivity contribution is 5.95. The second-order valence-corrected chi connectivity index (χ2v) is 6.85. The molecule has 0 aliphatic heterocycles. The quantitative estimate of drug-likeness (QED) is 0.553. The Labute approximate surface area is 161 Å². The molecule has 0 aliphatic carbocycles. The van der Waals surface area contributed by atoms with Gasteiger partial charge in [0.25, 0.3) is 5.56 Å². The average molecular weight is 375 g/mol. The van der Waals surface area contributed by atoms with E-state index in [0.717, 1.165) is 27.1 Å². The van der Waals surface area contributed by atoms with Crippen molar-refractivity contribution in [2.75, 3.05) is 7.11 Å². The summed E-state index contributed by atoms with van der Waals surface area (Å²) in [6, 6.07) is 15.6. The van der Waals surface area contributed by atoms with E-state index in [2.05, 4.69) is 0 Å². The minimum atomic E-state index is -0.356. The largest absolute Gasteiger partial charge is 0.495 e. The van der Waals surface area contributed by atoms with E-state index in [9.17, 15) is 9.59 Å². The van der Waals surface area contributed by atoms with Crippen LogP contribution in [-0.2, 0) is 14.1 Å². The molecule has 0 aliphatic rings.